The van der Waals surface area contributed by atoms with Crippen molar-refractivity contribution in [3.8, 4) is 40.1 Å². The van der Waals surface area contributed by atoms with Gasteiger partial charge >= 0.3 is 0 Å². The van der Waals surface area contributed by atoms with Crippen molar-refractivity contribution in [1.82, 2.24) is 9.38 Å². The molecule has 0 spiro atoms. The van der Waals surface area contributed by atoms with Crippen LogP contribution in [0.1, 0.15) is 5.69 Å². The van der Waals surface area contributed by atoms with Gasteiger partial charge in [0.2, 0.25) is 0 Å². The molecule has 2 aromatic carbocycles. The van der Waals surface area contributed by atoms with E-state index in [1.807, 2.05) is 28.0 Å². The van der Waals surface area contributed by atoms with Gasteiger partial charge in [-0.1, -0.05) is 0 Å². The van der Waals surface area contributed by atoms with Crippen LogP contribution in [0.5, 0.6) is 11.5 Å². The maximum Gasteiger partial charge on any atom is 0.194 e. The molecule has 0 bridgehead atoms. The van der Waals surface area contributed by atoms with Gasteiger partial charge in [0.15, 0.2) is 16.5 Å². The number of nitriles is 1. The molecule has 0 aliphatic heterocycles. The monoisotopic (exact) mass is 393 g/mol. The number of fused-ring (bicyclic) bond motifs is 1. The molecule has 0 saturated carbocycles. The van der Waals surface area contributed by atoms with Crippen LogP contribution in [-0.2, 0) is 6.42 Å². The summed E-state index contributed by atoms with van der Waals surface area (Å²) >= 11 is 1.49. The van der Waals surface area contributed by atoms with Gasteiger partial charge in [0, 0.05) is 16.5 Å². The number of imidazole rings is 1. The van der Waals surface area contributed by atoms with E-state index in [1.54, 1.807) is 26.4 Å². The van der Waals surface area contributed by atoms with Crippen molar-refractivity contribution in [1.29, 1.82) is 5.26 Å². The van der Waals surface area contributed by atoms with Crippen LogP contribution < -0.4 is 9.47 Å². The lowest BCUT2D eigenvalue weighted by atomic mass is 10.1. The molecule has 0 aliphatic rings. The number of hydrogen-bond acceptors (Lipinski definition) is 5. The van der Waals surface area contributed by atoms with E-state index in [2.05, 4.69) is 6.07 Å². The van der Waals surface area contributed by atoms with Gasteiger partial charge in [-0.15, -0.1) is 11.3 Å². The Bertz CT molecular complexity index is 1190. The summed E-state index contributed by atoms with van der Waals surface area (Å²) in [4.78, 5) is 5.48. The molecule has 0 saturated heterocycles. The number of thiazole rings is 1. The Labute approximate surface area is 165 Å². The Hall–Kier alpha value is -3.37. The van der Waals surface area contributed by atoms with Crippen LogP contribution >= 0.6 is 11.3 Å². The third kappa shape index (κ3) is 2.98. The average Bonchev–Trinajstić information content (AvgIpc) is 3.28. The molecule has 7 heteroatoms. The number of aromatic nitrogens is 2. The minimum Gasteiger partial charge on any atom is -0.493 e. The van der Waals surface area contributed by atoms with E-state index >= 15 is 0 Å². The van der Waals surface area contributed by atoms with Crippen molar-refractivity contribution < 1.29 is 13.9 Å². The molecule has 28 heavy (non-hydrogen) atoms. The van der Waals surface area contributed by atoms with Gasteiger partial charge in [-0.05, 0) is 42.5 Å². The number of nitrogens with zero attached hydrogens (tertiary/aromatic N) is 3. The van der Waals surface area contributed by atoms with Gasteiger partial charge in [-0.2, -0.15) is 5.26 Å². The van der Waals surface area contributed by atoms with Crippen molar-refractivity contribution in [2.45, 2.75) is 6.42 Å². The molecule has 4 rings (SSSR count). The van der Waals surface area contributed by atoms with Crippen LogP contribution in [0.15, 0.2) is 47.8 Å². The fraction of sp³-hybridized carbons (Fsp3) is 0.143. The Morgan fingerprint density at radius 3 is 2.46 bits per heavy atom. The van der Waals surface area contributed by atoms with E-state index in [1.165, 1.54) is 23.5 Å². The summed E-state index contributed by atoms with van der Waals surface area (Å²) in [6.07, 6.45) is 0.185. The Morgan fingerprint density at radius 1 is 1.07 bits per heavy atom. The first-order chi connectivity index (χ1) is 13.7. The highest BCUT2D eigenvalue weighted by molar-refractivity contribution is 7.15. The first kappa shape index (κ1) is 18.0. The normalized spacial score (nSPS) is 10.8. The molecule has 0 radical (unpaired) electrons. The number of ether oxygens (including phenoxy) is 2. The first-order valence-electron chi connectivity index (χ1n) is 8.50. The van der Waals surface area contributed by atoms with Crippen molar-refractivity contribution in [3.05, 3.63) is 59.4 Å². The van der Waals surface area contributed by atoms with E-state index in [-0.39, 0.29) is 12.2 Å². The molecule has 0 fully saturated rings. The number of rotatable bonds is 5. The van der Waals surface area contributed by atoms with Gasteiger partial charge in [-0.25, -0.2) is 9.37 Å². The summed E-state index contributed by atoms with van der Waals surface area (Å²) < 4.78 is 26.0. The summed E-state index contributed by atoms with van der Waals surface area (Å²) in [7, 11) is 3.19. The SMILES string of the molecule is COc1ccc(-c2csc3nc(-c4ccc(F)cc4)c(CC#N)n23)cc1OC. The molecule has 5 nitrogen and oxygen atoms in total. The van der Waals surface area contributed by atoms with Gasteiger partial charge in [0.1, 0.15) is 5.82 Å². The van der Waals surface area contributed by atoms with Crippen LogP contribution in [0, 0.1) is 17.1 Å². The van der Waals surface area contributed by atoms with E-state index in [9.17, 15) is 9.65 Å². The van der Waals surface area contributed by atoms with Crippen LogP contribution in [0.3, 0.4) is 0 Å². The fourth-order valence-corrected chi connectivity index (χ4v) is 4.11. The zero-order valence-corrected chi connectivity index (χ0v) is 16.1. The standard InChI is InChI=1S/C21H16FN3O2S/c1-26-18-8-5-14(11-19(18)27-2)17-12-28-21-24-20(16(9-10-23)25(17)21)13-3-6-15(22)7-4-13/h3-8,11-12H,9H2,1-2H3. The topological polar surface area (TPSA) is 59.5 Å². The van der Waals surface area contributed by atoms with E-state index in [4.69, 9.17) is 14.5 Å². The molecular formula is C21H16FN3O2S. The molecule has 2 aromatic heterocycles. The van der Waals surface area contributed by atoms with Crippen molar-refractivity contribution in [3.63, 3.8) is 0 Å². The minimum absolute atomic E-state index is 0.185. The largest absolute Gasteiger partial charge is 0.493 e. The molecular weight excluding hydrogens is 377 g/mol. The molecule has 140 valence electrons. The van der Waals surface area contributed by atoms with E-state index < -0.39 is 0 Å². The second-order valence-electron chi connectivity index (χ2n) is 6.06. The van der Waals surface area contributed by atoms with E-state index in [0.717, 1.165) is 27.5 Å². The highest BCUT2D eigenvalue weighted by Gasteiger charge is 2.19. The predicted molar refractivity (Wildman–Crippen MR) is 106 cm³/mol. The quantitative estimate of drug-likeness (QED) is 0.481. The fourth-order valence-electron chi connectivity index (χ4n) is 3.19. The highest BCUT2D eigenvalue weighted by Crippen LogP contribution is 2.37. The second kappa shape index (κ2) is 7.33. The lowest BCUT2D eigenvalue weighted by molar-refractivity contribution is 0.355. The van der Waals surface area contributed by atoms with Gasteiger partial charge < -0.3 is 9.47 Å². The van der Waals surface area contributed by atoms with Crippen LogP contribution in [-0.4, -0.2) is 23.6 Å². The maximum atomic E-state index is 13.3. The first-order valence-corrected chi connectivity index (χ1v) is 9.38. The molecule has 0 atom stereocenters. The third-order valence-electron chi connectivity index (χ3n) is 4.50. The van der Waals surface area contributed by atoms with Crippen LogP contribution in [0.2, 0.25) is 0 Å². The number of hydrogen-bond donors (Lipinski definition) is 0. The zero-order valence-electron chi connectivity index (χ0n) is 15.3. The number of methoxy groups -OCH3 is 2. The predicted octanol–water partition coefficient (Wildman–Crippen LogP) is 4.95. The van der Waals surface area contributed by atoms with Gasteiger partial charge in [0.05, 0.1) is 43.8 Å². The van der Waals surface area contributed by atoms with Crippen LogP contribution in [0.4, 0.5) is 4.39 Å². The number of halogens is 1. The Morgan fingerprint density at radius 2 is 1.79 bits per heavy atom. The molecule has 0 N–H and O–H groups in total. The summed E-state index contributed by atoms with van der Waals surface area (Å²) in [6, 6.07) is 14.1. The average molecular weight is 393 g/mol. The van der Waals surface area contributed by atoms with Crippen molar-refractivity contribution in [2.75, 3.05) is 14.2 Å². The smallest absolute Gasteiger partial charge is 0.194 e. The molecule has 0 aliphatic carbocycles. The zero-order chi connectivity index (χ0) is 19.7. The lowest BCUT2D eigenvalue weighted by Crippen LogP contribution is -1.96. The van der Waals surface area contributed by atoms with Crippen LogP contribution in [0.25, 0.3) is 27.5 Å². The van der Waals surface area contributed by atoms with Crippen molar-refractivity contribution >= 4 is 16.3 Å². The molecule has 0 amide bonds. The number of benzene rings is 2. The molecule has 2 heterocycles. The third-order valence-corrected chi connectivity index (χ3v) is 5.33. The summed E-state index contributed by atoms with van der Waals surface area (Å²) in [5.41, 5.74) is 4.07. The maximum absolute atomic E-state index is 13.3. The lowest BCUT2D eigenvalue weighted by Gasteiger charge is -2.10. The van der Waals surface area contributed by atoms with E-state index in [0.29, 0.717) is 17.2 Å². The summed E-state index contributed by atoms with van der Waals surface area (Å²) in [5, 5.41) is 11.4. The van der Waals surface area contributed by atoms with Gasteiger partial charge in [-0.3, -0.25) is 4.40 Å². The molecule has 0 unspecified atom stereocenters. The van der Waals surface area contributed by atoms with Gasteiger partial charge in [0.25, 0.3) is 0 Å². The Kier molecular flexibility index (Phi) is 4.72. The van der Waals surface area contributed by atoms with Crippen molar-refractivity contribution in [2.24, 2.45) is 0 Å². The summed E-state index contributed by atoms with van der Waals surface area (Å²) in [5.74, 6) is 0.963. The second-order valence-corrected chi connectivity index (χ2v) is 6.89. The minimum atomic E-state index is -0.308. The Balaban J connectivity index is 1.92. The summed E-state index contributed by atoms with van der Waals surface area (Å²) in [6.45, 7) is 0. The highest BCUT2D eigenvalue weighted by atomic mass is 32.1. The molecule has 4 aromatic rings.